The van der Waals surface area contributed by atoms with Crippen LogP contribution in [0.1, 0.15) is 32.6 Å². The summed E-state index contributed by atoms with van der Waals surface area (Å²) < 4.78 is 5.16. The molecule has 0 saturated heterocycles. The molecule has 2 aromatic rings. The van der Waals surface area contributed by atoms with Crippen LogP contribution in [-0.4, -0.2) is 15.1 Å². The molecule has 0 fully saturated rings. The van der Waals surface area contributed by atoms with E-state index in [-0.39, 0.29) is 11.5 Å². The molecule has 2 aromatic heterocycles. The fourth-order valence-corrected chi connectivity index (χ4v) is 1.47. The van der Waals surface area contributed by atoms with Crippen LogP contribution in [0.25, 0.3) is 11.6 Å². The van der Waals surface area contributed by atoms with E-state index >= 15 is 0 Å². The fourth-order valence-electron chi connectivity index (χ4n) is 1.35. The van der Waals surface area contributed by atoms with E-state index in [2.05, 4.69) is 15.1 Å². The van der Waals surface area contributed by atoms with Gasteiger partial charge in [0.1, 0.15) is 5.69 Å². The van der Waals surface area contributed by atoms with Gasteiger partial charge in [-0.25, -0.2) is 4.98 Å². The number of halogens is 1. The summed E-state index contributed by atoms with van der Waals surface area (Å²) in [5.74, 6) is 0.829. The molecule has 2 heterocycles. The van der Waals surface area contributed by atoms with Gasteiger partial charge in [-0.05, 0) is 17.5 Å². The molecule has 0 amide bonds. The summed E-state index contributed by atoms with van der Waals surface area (Å²) >= 11 is 5.77. The van der Waals surface area contributed by atoms with E-state index in [1.807, 2.05) is 20.8 Å². The van der Waals surface area contributed by atoms with Crippen molar-refractivity contribution in [2.24, 2.45) is 11.1 Å². The van der Waals surface area contributed by atoms with Crippen molar-refractivity contribution in [1.29, 1.82) is 0 Å². The Bertz CT molecular complexity index is 530. The normalized spacial score (nSPS) is 13.6. The van der Waals surface area contributed by atoms with Gasteiger partial charge in [0.25, 0.3) is 5.89 Å². The van der Waals surface area contributed by atoms with Crippen molar-refractivity contribution >= 4 is 11.6 Å². The van der Waals surface area contributed by atoms with Crippen LogP contribution < -0.4 is 5.73 Å². The second-order valence-electron chi connectivity index (χ2n) is 5.16. The SMILES string of the molecule is CC(C)(C)C(N)c1noc(-c2ccc(Cl)cn2)n1. The van der Waals surface area contributed by atoms with E-state index in [1.54, 1.807) is 12.1 Å². The van der Waals surface area contributed by atoms with Gasteiger partial charge in [-0.2, -0.15) is 4.98 Å². The Morgan fingerprint density at radius 3 is 2.61 bits per heavy atom. The average molecular weight is 267 g/mol. The predicted octanol–water partition coefficient (Wildman–Crippen LogP) is 2.83. The van der Waals surface area contributed by atoms with E-state index in [0.29, 0.717) is 22.4 Å². The standard InChI is InChI=1S/C12H15ClN4O/c1-12(2,3)9(14)10-16-11(18-17-10)8-5-4-7(13)6-15-8/h4-6,9H,14H2,1-3H3. The molecule has 0 saturated carbocycles. The van der Waals surface area contributed by atoms with Crippen LogP contribution in [-0.2, 0) is 0 Å². The maximum Gasteiger partial charge on any atom is 0.276 e. The Hall–Kier alpha value is -1.46. The topological polar surface area (TPSA) is 77.8 Å². The van der Waals surface area contributed by atoms with Crippen LogP contribution in [0, 0.1) is 5.41 Å². The van der Waals surface area contributed by atoms with Crippen molar-refractivity contribution in [3.63, 3.8) is 0 Å². The van der Waals surface area contributed by atoms with E-state index in [9.17, 15) is 0 Å². The van der Waals surface area contributed by atoms with Gasteiger partial charge in [0, 0.05) is 6.20 Å². The molecule has 1 atom stereocenters. The third-order valence-corrected chi connectivity index (χ3v) is 2.82. The van der Waals surface area contributed by atoms with Gasteiger partial charge >= 0.3 is 0 Å². The van der Waals surface area contributed by atoms with Crippen molar-refractivity contribution in [1.82, 2.24) is 15.1 Å². The third kappa shape index (κ3) is 2.68. The Balaban J connectivity index is 2.28. The van der Waals surface area contributed by atoms with Crippen molar-refractivity contribution < 1.29 is 4.52 Å². The van der Waals surface area contributed by atoms with E-state index in [4.69, 9.17) is 21.9 Å². The van der Waals surface area contributed by atoms with Gasteiger partial charge in [0.05, 0.1) is 11.1 Å². The highest BCUT2D eigenvalue weighted by atomic mass is 35.5. The third-order valence-electron chi connectivity index (χ3n) is 2.60. The lowest BCUT2D eigenvalue weighted by molar-refractivity contribution is 0.303. The fraction of sp³-hybridized carbons (Fsp3) is 0.417. The van der Waals surface area contributed by atoms with E-state index in [1.165, 1.54) is 6.20 Å². The van der Waals surface area contributed by atoms with E-state index in [0.717, 1.165) is 0 Å². The minimum Gasteiger partial charge on any atom is -0.332 e. The summed E-state index contributed by atoms with van der Waals surface area (Å²) in [4.78, 5) is 8.38. The first-order chi connectivity index (χ1) is 8.38. The number of hydrogen-bond acceptors (Lipinski definition) is 5. The zero-order chi connectivity index (χ0) is 13.3. The second kappa shape index (κ2) is 4.66. The zero-order valence-corrected chi connectivity index (χ0v) is 11.3. The first-order valence-electron chi connectivity index (χ1n) is 5.59. The molecule has 0 spiro atoms. The predicted molar refractivity (Wildman–Crippen MR) is 68.9 cm³/mol. The van der Waals surface area contributed by atoms with Crippen LogP contribution in [0.15, 0.2) is 22.9 Å². The Morgan fingerprint density at radius 2 is 2.06 bits per heavy atom. The van der Waals surface area contributed by atoms with Gasteiger partial charge in [-0.15, -0.1) is 0 Å². The van der Waals surface area contributed by atoms with Gasteiger partial charge in [-0.1, -0.05) is 37.5 Å². The summed E-state index contributed by atoms with van der Waals surface area (Å²) in [6.07, 6.45) is 1.53. The largest absolute Gasteiger partial charge is 0.332 e. The lowest BCUT2D eigenvalue weighted by atomic mass is 9.87. The van der Waals surface area contributed by atoms with Crippen molar-refractivity contribution in [3.8, 4) is 11.6 Å². The van der Waals surface area contributed by atoms with Crippen LogP contribution in [0.3, 0.4) is 0 Å². The Morgan fingerprint density at radius 1 is 1.33 bits per heavy atom. The summed E-state index contributed by atoms with van der Waals surface area (Å²) in [6, 6.07) is 3.15. The Labute approximate surface area is 110 Å². The molecular formula is C12H15ClN4O. The van der Waals surface area contributed by atoms with Crippen molar-refractivity contribution in [2.45, 2.75) is 26.8 Å². The zero-order valence-electron chi connectivity index (χ0n) is 10.5. The molecule has 2 rings (SSSR count). The molecular weight excluding hydrogens is 252 g/mol. The molecule has 0 radical (unpaired) electrons. The first-order valence-corrected chi connectivity index (χ1v) is 5.97. The lowest BCUT2D eigenvalue weighted by Gasteiger charge is -2.23. The quantitative estimate of drug-likeness (QED) is 0.904. The number of nitrogens with two attached hydrogens (primary N) is 1. The van der Waals surface area contributed by atoms with Crippen molar-refractivity contribution in [3.05, 3.63) is 29.2 Å². The smallest absolute Gasteiger partial charge is 0.276 e. The molecule has 0 aliphatic heterocycles. The maximum atomic E-state index is 6.06. The molecule has 5 nitrogen and oxygen atoms in total. The highest BCUT2D eigenvalue weighted by Crippen LogP contribution is 2.29. The van der Waals surface area contributed by atoms with Gasteiger partial charge < -0.3 is 10.3 Å². The molecule has 6 heteroatoms. The lowest BCUT2D eigenvalue weighted by Crippen LogP contribution is -2.27. The summed E-state index contributed by atoms with van der Waals surface area (Å²) in [7, 11) is 0. The molecule has 0 aromatic carbocycles. The maximum absolute atomic E-state index is 6.06. The molecule has 18 heavy (non-hydrogen) atoms. The van der Waals surface area contributed by atoms with Gasteiger partial charge in [0.2, 0.25) is 0 Å². The molecule has 96 valence electrons. The Kier molecular flexibility index (Phi) is 3.36. The van der Waals surface area contributed by atoms with Crippen LogP contribution in [0.2, 0.25) is 5.02 Å². The first kappa shape index (κ1) is 13.0. The number of pyridine rings is 1. The number of nitrogens with zero attached hydrogens (tertiary/aromatic N) is 3. The van der Waals surface area contributed by atoms with Crippen LogP contribution in [0.5, 0.6) is 0 Å². The number of hydrogen-bond donors (Lipinski definition) is 1. The van der Waals surface area contributed by atoms with Crippen LogP contribution >= 0.6 is 11.6 Å². The molecule has 0 aliphatic carbocycles. The van der Waals surface area contributed by atoms with Gasteiger partial charge in [-0.3, -0.25) is 0 Å². The second-order valence-corrected chi connectivity index (χ2v) is 5.60. The monoisotopic (exact) mass is 266 g/mol. The minimum absolute atomic E-state index is 0.130. The average Bonchev–Trinajstić information content (AvgIpc) is 2.77. The summed E-state index contributed by atoms with van der Waals surface area (Å²) in [5, 5.41) is 4.46. The molecule has 0 aliphatic rings. The van der Waals surface area contributed by atoms with E-state index < -0.39 is 0 Å². The number of aromatic nitrogens is 3. The van der Waals surface area contributed by atoms with Crippen molar-refractivity contribution in [2.75, 3.05) is 0 Å². The highest BCUT2D eigenvalue weighted by molar-refractivity contribution is 6.30. The molecule has 0 bridgehead atoms. The van der Waals surface area contributed by atoms with Crippen LogP contribution in [0.4, 0.5) is 0 Å². The number of rotatable bonds is 2. The highest BCUT2D eigenvalue weighted by Gasteiger charge is 2.27. The molecule has 1 unspecified atom stereocenters. The summed E-state index contributed by atoms with van der Waals surface area (Å²) in [5.41, 5.74) is 6.51. The molecule has 2 N–H and O–H groups in total. The summed E-state index contributed by atoms with van der Waals surface area (Å²) in [6.45, 7) is 6.07. The van der Waals surface area contributed by atoms with Gasteiger partial charge in [0.15, 0.2) is 5.82 Å². The minimum atomic E-state index is -0.290.